The number of pyridine rings is 1. The first-order valence-electron chi connectivity index (χ1n) is 6.17. The predicted octanol–water partition coefficient (Wildman–Crippen LogP) is 3.01. The maximum atomic E-state index is 13.4. The molecule has 0 bridgehead atoms. The van der Waals surface area contributed by atoms with Crippen LogP contribution >= 0.6 is 0 Å². The van der Waals surface area contributed by atoms with Gasteiger partial charge in [-0.25, -0.2) is 9.37 Å². The first-order valence-corrected chi connectivity index (χ1v) is 6.17. The van der Waals surface area contributed by atoms with E-state index in [1.807, 2.05) is 31.3 Å². The van der Waals surface area contributed by atoms with E-state index < -0.39 is 0 Å². The molecular weight excluding hydrogens is 229 g/mol. The van der Waals surface area contributed by atoms with Crippen LogP contribution in [0.4, 0.5) is 15.9 Å². The van der Waals surface area contributed by atoms with Crippen molar-refractivity contribution in [3.05, 3.63) is 30.2 Å². The van der Waals surface area contributed by atoms with Crippen molar-refractivity contribution < 1.29 is 4.39 Å². The molecule has 4 heteroatoms. The maximum absolute atomic E-state index is 13.4. The predicted molar refractivity (Wildman–Crippen MR) is 72.7 cm³/mol. The number of hydrogen-bond acceptors (Lipinski definition) is 3. The van der Waals surface area contributed by atoms with Crippen LogP contribution in [-0.4, -0.2) is 25.1 Å². The molecule has 0 spiro atoms. The quantitative estimate of drug-likeness (QED) is 0.901. The van der Waals surface area contributed by atoms with Crippen LogP contribution in [0.2, 0.25) is 0 Å². The van der Waals surface area contributed by atoms with Gasteiger partial charge in [0.15, 0.2) is 0 Å². The van der Waals surface area contributed by atoms with Gasteiger partial charge < -0.3 is 10.2 Å². The smallest absolute Gasteiger partial charge is 0.136 e. The standard InChI is InChI=1S/C14H16FN3/c1-18(2)14-12-7-9(15)3-6-11(12)13(8-16-14)17-10-4-5-10/h3,6-8,10,17H,4-5H2,1-2H3. The van der Waals surface area contributed by atoms with Gasteiger partial charge in [0, 0.05) is 30.9 Å². The van der Waals surface area contributed by atoms with Gasteiger partial charge in [-0.1, -0.05) is 0 Å². The lowest BCUT2D eigenvalue weighted by molar-refractivity contribution is 0.629. The van der Waals surface area contributed by atoms with E-state index in [1.54, 1.807) is 6.07 Å². The first kappa shape index (κ1) is 11.3. The molecule has 1 N–H and O–H groups in total. The summed E-state index contributed by atoms with van der Waals surface area (Å²) in [6, 6.07) is 5.44. The number of aromatic nitrogens is 1. The fourth-order valence-electron chi connectivity index (χ4n) is 2.12. The number of rotatable bonds is 3. The number of anilines is 2. The molecule has 3 rings (SSSR count). The van der Waals surface area contributed by atoms with Crippen molar-refractivity contribution in [2.75, 3.05) is 24.3 Å². The Morgan fingerprint density at radius 2 is 2.06 bits per heavy atom. The topological polar surface area (TPSA) is 28.2 Å². The lowest BCUT2D eigenvalue weighted by atomic mass is 10.1. The van der Waals surface area contributed by atoms with Gasteiger partial charge >= 0.3 is 0 Å². The highest BCUT2D eigenvalue weighted by atomic mass is 19.1. The highest BCUT2D eigenvalue weighted by Crippen LogP contribution is 2.33. The van der Waals surface area contributed by atoms with Gasteiger partial charge in [-0.15, -0.1) is 0 Å². The van der Waals surface area contributed by atoms with Gasteiger partial charge in [0.25, 0.3) is 0 Å². The van der Waals surface area contributed by atoms with Gasteiger partial charge in [-0.2, -0.15) is 0 Å². The summed E-state index contributed by atoms with van der Waals surface area (Å²) in [5.41, 5.74) is 0.998. The summed E-state index contributed by atoms with van der Waals surface area (Å²) in [6.45, 7) is 0. The van der Waals surface area contributed by atoms with Crippen molar-refractivity contribution in [1.29, 1.82) is 0 Å². The zero-order valence-electron chi connectivity index (χ0n) is 10.6. The third kappa shape index (κ3) is 1.98. The van der Waals surface area contributed by atoms with Crippen LogP contribution in [0.1, 0.15) is 12.8 Å². The van der Waals surface area contributed by atoms with Crippen molar-refractivity contribution >= 4 is 22.3 Å². The molecule has 0 amide bonds. The number of nitrogens with zero attached hydrogens (tertiary/aromatic N) is 2. The summed E-state index contributed by atoms with van der Waals surface area (Å²) in [7, 11) is 3.83. The molecule has 1 aromatic carbocycles. The fourth-order valence-corrected chi connectivity index (χ4v) is 2.12. The Bertz CT molecular complexity index is 591. The number of halogens is 1. The van der Waals surface area contributed by atoms with Gasteiger partial charge in [0.05, 0.1) is 11.9 Å². The number of fused-ring (bicyclic) bond motifs is 1. The van der Waals surface area contributed by atoms with E-state index in [-0.39, 0.29) is 5.82 Å². The molecule has 94 valence electrons. The van der Waals surface area contributed by atoms with Crippen molar-refractivity contribution in [1.82, 2.24) is 4.98 Å². The second-order valence-electron chi connectivity index (χ2n) is 5.00. The molecule has 1 aromatic heterocycles. The fraction of sp³-hybridized carbons (Fsp3) is 0.357. The molecule has 1 heterocycles. The molecule has 0 atom stereocenters. The Balaban J connectivity index is 2.18. The second-order valence-corrected chi connectivity index (χ2v) is 5.00. The molecule has 1 aliphatic rings. The van der Waals surface area contributed by atoms with E-state index in [4.69, 9.17) is 0 Å². The number of nitrogens with one attached hydrogen (secondary N) is 1. The lowest BCUT2D eigenvalue weighted by Crippen LogP contribution is -2.12. The van der Waals surface area contributed by atoms with E-state index >= 15 is 0 Å². The Kier molecular flexibility index (Phi) is 2.58. The van der Waals surface area contributed by atoms with Crippen LogP contribution in [0, 0.1) is 5.82 Å². The SMILES string of the molecule is CN(C)c1ncc(NC2CC2)c2ccc(F)cc12. The van der Waals surface area contributed by atoms with Crippen molar-refractivity contribution in [2.24, 2.45) is 0 Å². The monoisotopic (exact) mass is 245 g/mol. The number of hydrogen-bond donors (Lipinski definition) is 1. The third-order valence-corrected chi connectivity index (χ3v) is 3.19. The zero-order valence-corrected chi connectivity index (χ0v) is 10.6. The normalized spacial score (nSPS) is 14.8. The average Bonchev–Trinajstić information content (AvgIpc) is 3.12. The highest BCUT2D eigenvalue weighted by molar-refractivity contribution is 6.00. The average molecular weight is 245 g/mol. The number of benzene rings is 1. The minimum Gasteiger partial charge on any atom is -0.381 e. The molecule has 18 heavy (non-hydrogen) atoms. The Hall–Kier alpha value is -1.84. The Morgan fingerprint density at radius 3 is 2.72 bits per heavy atom. The van der Waals surface area contributed by atoms with Crippen molar-refractivity contribution in [3.63, 3.8) is 0 Å². The summed E-state index contributed by atoms with van der Waals surface area (Å²) in [5, 5.41) is 5.32. The van der Waals surface area contributed by atoms with Crippen LogP contribution < -0.4 is 10.2 Å². The Morgan fingerprint density at radius 1 is 1.28 bits per heavy atom. The summed E-state index contributed by atoms with van der Waals surface area (Å²) in [4.78, 5) is 6.33. The summed E-state index contributed by atoms with van der Waals surface area (Å²) >= 11 is 0. The van der Waals surface area contributed by atoms with E-state index in [9.17, 15) is 4.39 Å². The van der Waals surface area contributed by atoms with Crippen molar-refractivity contribution in [3.8, 4) is 0 Å². The lowest BCUT2D eigenvalue weighted by Gasteiger charge is -2.16. The minimum atomic E-state index is -0.226. The Labute approximate surface area is 106 Å². The summed E-state index contributed by atoms with van der Waals surface area (Å²) in [6.07, 6.45) is 4.25. The van der Waals surface area contributed by atoms with Gasteiger partial charge in [-0.3, -0.25) is 0 Å². The van der Waals surface area contributed by atoms with E-state index in [0.717, 1.165) is 22.3 Å². The van der Waals surface area contributed by atoms with Gasteiger partial charge in [0.1, 0.15) is 11.6 Å². The largest absolute Gasteiger partial charge is 0.381 e. The van der Waals surface area contributed by atoms with E-state index in [0.29, 0.717) is 6.04 Å². The summed E-state index contributed by atoms with van der Waals surface area (Å²) in [5.74, 6) is 0.571. The highest BCUT2D eigenvalue weighted by Gasteiger charge is 2.22. The van der Waals surface area contributed by atoms with Crippen LogP contribution in [0.5, 0.6) is 0 Å². The van der Waals surface area contributed by atoms with Gasteiger partial charge in [0.2, 0.25) is 0 Å². The van der Waals surface area contributed by atoms with Gasteiger partial charge in [-0.05, 0) is 31.0 Å². The molecule has 0 saturated heterocycles. The molecule has 1 saturated carbocycles. The molecule has 1 aliphatic carbocycles. The first-order chi connectivity index (χ1) is 8.65. The molecule has 0 radical (unpaired) electrons. The van der Waals surface area contributed by atoms with Crippen LogP contribution in [-0.2, 0) is 0 Å². The van der Waals surface area contributed by atoms with Crippen LogP contribution in [0.25, 0.3) is 10.8 Å². The van der Waals surface area contributed by atoms with Crippen LogP contribution in [0.15, 0.2) is 24.4 Å². The second kappa shape index (κ2) is 4.12. The van der Waals surface area contributed by atoms with E-state index in [2.05, 4.69) is 10.3 Å². The zero-order chi connectivity index (χ0) is 12.7. The molecule has 1 fully saturated rings. The minimum absolute atomic E-state index is 0.226. The molecule has 0 unspecified atom stereocenters. The third-order valence-electron chi connectivity index (χ3n) is 3.19. The summed E-state index contributed by atoms with van der Waals surface area (Å²) < 4.78 is 13.4. The molecular formula is C14H16FN3. The molecule has 2 aromatic rings. The van der Waals surface area contributed by atoms with Crippen LogP contribution in [0.3, 0.4) is 0 Å². The van der Waals surface area contributed by atoms with E-state index in [1.165, 1.54) is 18.9 Å². The maximum Gasteiger partial charge on any atom is 0.136 e. The molecule has 3 nitrogen and oxygen atoms in total. The van der Waals surface area contributed by atoms with Crippen molar-refractivity contribution in [2.45, 2.75) is 18.9 Å². The molecule has 0 aliphatic heterocycles.